The quantitative estimate of drug-likeness (QED) is 0.276. The molecular formula is C8H15O7P. The molecule has 0 heterocycles. The highest BCUT2D eigenvalue weighted by Gasteiger charge is 2.12. The van der Waals surface area contributed by atoms with E-state index in [1.807, 2.05) is 0 Å². The molecule has 0 fully saturated rings. The van der Waals surface area contributed by atoms with E-state index in [9.17, 15) is 9.36 Å². The van der Waals surface area contributed by atoms with Crippen LogP contribution in [0.3, 0.4) is 0 Å². The summed E-state index contributed by atoms with van der Waals surface area (Å²) in [5.74, 6) is -0.505. The van der Waals surface area contributed by atoms with Gasteiger partial charge in [-0.3, -0.25) is 4.52 Å². The van der Waals surface area contributed by atoms with Gasteiger partial charge in [0.05, 0.1) is 19.8 Å². The SMILES string of the molecule is C=C(C)C(=O)OCCOCCOP(=O)(O)O. The molecule has 0 atom stereocenters. The number of carbonyl (C=O) groups is 1. The molecule has 7 nitrogen and oxygen atoms in total. The van der Waals surface area contributed by atoms with Crippen molar-refractivity contribution in [1.29, 1.82) is 0 Å². The minimum Gasteiger partial charge on any atom is -0.460 e. The number of carbonyl (C=O) groups excluding carboxylic acids is 1. The molecule has 0 rings (SSSR count). The number of phosphoric ester groups is 1. The maximum absolute atomic E-state index is 10.9. The summed E-state index contributed by atoms with van der Waals surface area (Å²) in [4.78, 5) is 27.5. The maximum atomic E-state index is 10.9. The van der Waals surface area contributed by atoms with Crippen LogP contribution in [0.5, 0.6) is 0 Å². The lowest BCUT2D eigenvalue weighted by Crippen LogP contribution is -2.12. The molecule has 0 saturated heterocycles. The number of hydrogen-bond acceptors (Lipinski definition) is 5. The van der Waals surface area contributed by atoms with Crippen LogP contribution in [0.2, 0.25) is 0 Å². The standard InChI is InChI=1S/C8H15O7P/c1-7(2)8(9)14-5-3-13-4-6-15-16(10,11)12/h1,3-6H2,2H3,(H2,10,11,12). The van der Waals surface area contributed by atoms with Gasteiger partial charge in [-0.05, 0) is 6.92 Å². The normalized spacial score (nSPS) is 11.2. The molecule has 8 heteroatoms. The zero-order chi connectivity index (χ0) is 12.6. The Bertz CT molecular complexity index is 282. The van der Waals surface area contributed by atoms with Gasteiger partial charge >= 0.3 is 13.8 Å². The Balaban J connectivity index is 3.32. The lowest BCUT2D eigenvalue weighted by molar-refractivity contribution is -0.140. The van der Waals surface area contributed by atoms with Gasteiger partial charge in [0.15, 0.2) is 0 Å². The van der Waals surface area contributed by atoms with E-state index < -0.39 is 13.8 Å². The third-order valence-corrected chi connectivity index (χ3v) is 1.82. The lowest BCUT2D eigenvalue weighted by Gasteiger charge is -2.07. The smallest absolute Gasteiger partial charge is 0.460 e. The van der Waals surface area contributed by atoms with Crippen LogP contribution < -0.4 is 0 Å². The molecular weight excluding hydrogens is 239 g/mol. The number of hydrogen-bond donors (Lipinski definition) is 2. The van der Waals surface area contributed by atoms with Gasteiger partial charge in [0, 0.05) is 5.57 Å². The molecule has 0 spiro atoms. The molecule has 0 bridgehead atoms. The van der Waals surface area contributed by atoms with Gasteiger partial charge < -0.3 is 19.3 Å². The number of esters is 1. The Hall–Kier alpha value is -0.720. The highest BCUT2D eigenvalue weighted by molar-refractivity contribution is 7.46. The molecule has 0 aromatic carbocycles. The van der Waals surface area contributed by atoms with Crippen molar-refractivity contribution in [2.75, 3.05) is 26.4 Å². The first-order valence-electron chi connectivity index (χ1n) is 4.43. The summed E-state index contributed by atoms with van der Waals surface area (Å²) in [6, 6.07) is 0. The van der Waals surface area contributed by atoms with Gasteiger partial charge in [-0.25, -0.2) is 9.36 Å². The highest BCUT2D eigenvalue weighted by atomic mass is 31.2. The zero-order valence-electron chi connectivity index (χ0n) is 8.92. The van der Waals surface area contributed by atoms with Crippen molar-refractivity contribution >= 4 is 13.8 Å². The van der Waals surface area contributed by atoms with Gasteiger partial charge in [0.25, 0.3) is 0 Å². The number of rotatable bonds is 8. The Kier molecular flexibility index (Phi) is 7.20. The van der Waals surface area contributed by atoms with E-state index >= 15 is 0 Å². The monoisotopic (exact) mass is 254 g/mol. The minimum absolute atomic E-state index is 0.00965. The molecule has 94 valence electrons. The second-order valence-electron chi connectivity index (χ2n) is 2.85. The molecule has 0 aliphatic heterocycles. The summed E-state index contributed by atoms with van der Waals surface area (Å²) >= 11 is 0. The van der Waals surface area contributed by atoms with E-state index in [-0.39, 0.29) is 26.4 Å². The largest absolute Gasteiger partial charge is 0.469 e. The first-order chi connectivity index (χ1) is 7.33. The minimum atomic E-state index is -4.43. The van der Waals surface area contributed by atoms with Gasteiger partial charge in [-0.1, -0.05) is 6.58 Å². The first-order valence-corrected chi connectivity index (χ1v) is 5.96. The predicted molar refractivity (Wildman–Crippen MR) is 54.6 cm³/mol. The predicted octanol–water partition coefficient (Wildman–Crippen LogP) is 0.232. The molecule has 0 radical (unpaired) electrons. The molecule has 0 amide bonds. The third kappa shape index (κ3) is 9.82. The molecule has 0 aromatic heterocycles. The van der Waals surface area contributed by atoms with Crippen molar-refractivity contribution < 1.29 is 33.1 Å². The Morgan fingerprint density at radius 2 is 1.81 bits per heavy atom. The lowest BCUT2D eigenvalue weighted by atomic mass is 10.4. The summed E-state index contributed by atoms with van der Waals surface area (Å²) in [6.45, 7) is 4.89. The van der Waals surface area contributed by atoms with E-state index in [1.165, 1.54) is 6.92 Å². The van der Waals surface area contributed by atoms with Crippen molar-refractivity contribution in [3.8, 4) is 0 Å². The topological polar surface area (TPSA) is 102 Å². The van der Waals surface area contributed by atoms with Crippen LogP contribution in [0.15, 0.2) is 12.2 Å². The van der Waals surface area contributed by atoms with Gasteiger partial charge in [-0.2, -0.15) is 0 Å². The van der Waals surface area contributed by atoms with Crippen LogP contribution in [0, 0.1) is 0 Å². The molecule has 2 N–H and O–H groups in total. The number of ether oxygens (including phenoxy) is 2. The van der Waals surface area contributed by atoms with Crippen molar-refractivity contribution in [2.24, 2.45) is 0 Å². The van der Waals surface area contributed by atoms with Crippen LogP contribution in [0.4, 0.5) is 0 Å². The van der Waals surface area contributed by atoms with Gasteiger partial charge in [0.1, 0.15) is 6.61 Å². The first kappa shape index (κ1) is 15.3. The molecule has 16 heavy (non-hydrogen) atoms. The van der Waals surface area contributed by atoms with Crippen LogP contribution >= 0.6 is 7.82 Å². The Labute approximate surface area is 93.2 Å². The highest BCUT2D eigenvalue weighted by Crippen LogP contribution is 2.35. The van der Waals surface area contributed by atoms with Crippen molar-refractivity contribution in [1.82, 2.24) is 0 Å². The molecule has 0 aliphatic rings. The van der Waals surface area contributed by atoms with Crippen LogP contribution in [-0.4, -0.2) is 42.2 Å². The van der Waals surface area contributed by atoms with Crippen molar-refractivity contribution in [3.05, 3.63) is 12.2 Å². The van der Waals surface area contributed by atoms with Crippen LogP contribution in [0.1, 0.15) is 6.92 Å². The fourth-order valence-corrected chi connectivity index (χ4v) is 0.946. The average molecular weight is 254 g/mol. The van der Waals surface area contributed by atoms with E-state index in [0.717, 1.165) is 0 Å². The van der Waals surface area contributed by atoms with Crippen molar-refractivity contribution in [2.45, 2.75) is 6.92 Å². The molecule has 0 unspecified atom stereocenters. The summed E-state index contributed by atoms with van der Waals surface area (Å²) in [5.41, 5.74) is 0.296. The molecule has 0 aromatic rings. The van der Waals surface area contributed by atoms with Crippen molar-refractivity contribution in [3.63, 3.8) is 0 Å². The second kappa shape index (κ2) is 7.54. The van der Waals surface area contributed by atoms with Crippen LogP contribution in [0.25, 0.3) is 0 Å². The third-order valence-electron chi connectivity index (χ3n) is 1.30. The second-order valence-corrected chi connectivity index (χ2v) is 4.09. The summed E-state index contributed by atoms with van der Waals surface area (Å²) in [7, 11) is -4.43. The summed E-state index contributed by atoms with van der Waals surface area (Å²) in [5, 5.41) is 0. The van der Waals surface area contributed by atoms with E-state index in [2.05, 4.69) is 11.1 Å². The van der Waals surface area contributed by atoms with E-state index in [4.69, 9.17) is 19.3 Å². The van der Waals surface area contributed by atoms with Crippen LogP contribution in [-0.2, 0) is 23.4 Å². The number of phosphoric acid groups is 1. The fourth-order valence-electron chi connectivity index (χ4n) is 0.634. The van der Waals surface area contributed by atoms with E-state index in [0.29, 0.717) is 5.57 Å². The fraction of sp³-hybridized carbons (Fsp3) is 0.625. The summed E-state index contributed by atoms with van der Waals surface area (Å²) in [6.07, 6.45) is 0. The zero-order valence-corrected chi connectivity index (χ0v) is 9.81. The Morgan fingerprint density at radius 1 is 1.25 bits per heavy atom. The summed E-state index contributed by atoms with van der Waals surface area (Å²) < 4.78 is 23.9. The van der Waals surface area contributed by atoms with E-state index in [1.54, 1.807) is 0 Å². The molecule has 0 aliphatic carbocycles. The van der Waals surface area contributed by atoms with Gasteiger partial charge in [0.2, 0.25) is 0 Å². The Morgan fingerprint density at radius 3 is 2.31 bits per heavy atom. The molecule has 0 saturated carbocycles. The average Bonchev–Trinajstić information content (AvgIpc) is 2.14. The maximum Gasteiger partial charge on any atom is 0.469 e. The van der Waals surface area contributed by atoms with Gasteiger partial charge in [-0.15, -0.1) is 0 Å².